The Labute approximate surface area is 116 Å². The van der Waals surface area contributed by atoms with Crippen LogP contribution in [0.5, 0.6) is 0 Å². The van der Waals surface area contributed by atoms with Crippen LogP contribution in [0, 0.1) is 0 Å². The molecule has 0 radical (unpaired) electrons. The van der Waals surface area contributed by atoms with Crippen molar-refractivity contribution in [2.75, 3.05) is 19.8 Å². The number of carbonyl (C=O) groups is 1. The zero-order valence-corrected chi connectivity index (χ0v) is 11.5. The number of rotatable bonds is 4. The fraction of sp³-hybridized carbons (Fsp3) is 0.455. The van der Waals surface area contributed by atoms with Crippen LogP contribution in [0.3, 0.4) is 0 Å². The van der Waals surface area contributed by atoms with Gasteiger partial charge >= 0.3 is 0 Å². The van der Waals surface area contributed by atoms with Crippen molar-refractivity contribution in [1.82, 2.24) is 9.29 Å². The van der Waals surface area contributed by atoms with E-state index < -0.39 is 22.0 Å². The number of hydrogen-bond acceptors (Lipinski definition) is 6. The molecule has 1 unspecified atom stereocenters. The molecule has 1 atom stereocenters. The minimum absolute atomic E-state index is 0.00403. The topological polar surface area (TPSA) is 129 Å². The number of primary amides is 1. The minimum atomic E-state index is -3.89. The molecule has 0 spiro atoms. The summed E-state index contributed by atoms with van der Waals surface area (Å²) < 4.78 is 31.5. The summed E-state index contributed by atoms with van der Waals surface area (Å²) in [6.45, 7) is 0.212. The number of pyridine rings is 1. The van der Waals surface area contributed by atoms with Gasteiger partial charge < -0.3 is 16.2 Å². The number of carbonyl (C=O) groups excluding carboxylic acids is 1. The first-order valence-electron chi connectivity index (χ1n) is 6.01. The van der Waals surface area contributed by atoms with Crippen LogP contribution in [-0.2, 0) is 26.1 Å². The summed E-state index contributed by atoms with van der Waals surface area (Å²) in [5.74, 6) is -0.744. The molecule has 9 heteroatoms. The average Bonchev–Trinajstić information content (AvgIpc) is 2.47. The molecule has 0 aromatic carbocycles. The largest absolute Gasteiger partial charge is 0.378 e. The van der Waals surface area contributed by atoms with Crippen molar-refractivity contribution < 1.29 is 17.9 Å². The number of nitrogens with two attached hydrogens (primary N) is 2. The van der Waals surface area contributed by atoms with E-state index in [0.29, 0.717) is 0 Å². The van der Waals surface area contributed by atoms with Crippen molar-refractivity contribution in [3.8, 4) is 0 Å². The first-order valence-corrected chi connectivity index (χ1v) is 7.45. The van der Waals surface area contributed by atoms with E-state index in [4.69, 9.17) is 16.2 Å². The highest BCUT2D eigenvalue weighted by atomic mass is 32.2. The zero-order valence-electron chi connectivity index (χ0n) is 10.7. The molecule has 110 valence electrons. The molecular formula is C11H16N4O4S. The van der Waals surface area contributed by atoms with Gasteiger partial charge in [0.2, 0.25) is 15.9 Å². The van der Waals surface area contributed by atoms with E-state index in [-0.39, 0.29) is 36.9 Å². The minimum Gasteiger partial charge on any atom is -0.378 e. The second-order valence-electron chi connectivity index (χ2n) is 4.26. The lowest BCUT2D eigenvalue weighted by Crippen LogP contribution is -2.54. The van der Waals surface area contributed by atoms with Crippen LogP contribution >= 0.6 is 0 Å². The lowest BCUT2D eigenvalue weighted by molar-refractivity contribution is -0.125. The quantitative estimate of drug-likeness (QED) is 0.690. The average molecular weight is 300 g/mol. The third-order valence-electron chi connectivity index (χ3n) is 3.04. The molecule has 1 amide bonds. The summed E-state index contributed by atoms with van der Waals surface area (Å²) in [6, 6.07) is 1.91. The Morgan fingerprint density at radius 1 is 1.55 bits per heavy atom. The Hall–Kier alpha value is -1.55. The number of amides is 1. The Morgan fingerprint density at radius 2 is 2.30 bits per heavy atom. The van der Waals surface area contributed by atoms with E-state index in [1.165, 1.54) is 18.3 Å². The van der Waals surface area contributed by atoms with Crippen LogP contribution in [0.15, 0.2) is 23.2 Å². The first-order chi connectivity index (χ1) is 9.48. The highest BCUT2D eigenvalue weighted by molar-refractivity contribution is 7.89. The van der Waals surface area contributed by atoms with E-state index in [9.17, 15) is 13.2 Å². The van der Waals surface area contributed by atoms with Crippen LogP contribution in [0.4, 0.5) is 0 Å². The van der Waals surface area contributed by atoms with Crippen LogP contribution in [0.25, 0.3) is 0 Å². The number of morpholine rings is 1. The maximum atomic E-state index is 12.6. The number of hydrogen-bond donors (Lipinski definition) is 2. The molecule has 1 saturated heterocycles. The standard InChI is InChI=1S/C11H16N4O4S/c12-6-8-10(2-1-3-14-8)20(17,18)15-4-5-19-7-9(15)11(13)16/h1-3,9H,4-7,12H2,(H2,13,16). The summed E-state index contributed by atoms with van der Waals surface area (Å²) in [4.78, 5) is 15.3. The lowest BCUT2D eigenvalue weighted by Gasteiger charge is -2.32. The maximum absolute atomic E-state index is 12.6. The van der Waals surface area contributed by atoms with Gasteiger partial charge in [0.15, 0.2) is 0 Å². The van der Waals surface area contributed by atoms with Crippen molar-refractivity contribution >= 4 is 15.9 Å². The van der Waals surface area contributed by atoms with E-state index in [0.717, 1.165) is 4.31 Å². The molecule has 0 aliphatic carbocycles. The SMILES string of the molecule is NCc1ncccc1S(=O)(=O)N1CCOCC1C(N)=O. The third-order valence-corrected chi connectivity index (χ3v) is 5.02. The van der Waals surface area contributed by atoms with Crippen molar-refractivity contribution in [2.45, 2.75) is 17.5 Å². The van der Waals surface area contributed by atoms with Crippen molar-refractivity contribution in [2.24, 2.45) is 11.5 Å². The normalized spacial score (nSPS) is 20.8. The molecule has 20 heavy (non-hydrogen) atoms. The van der Waals surface area contributed by atoms with Crippen molar-refractivity contribution in [3.05, 3.63) is 24.0 Å². The van der Waals surface area contributed by atoms with E-state index in [2.05, 4.69) is 4.98 Å². The molecule has 4 N–H and O–H groups in total. The van der Waals surface area contributed by atoms with Gasteiger partial charge in [-0.3, -0.25) is 9.78 Å². The Bertz CT molecular complexity index is 604. The number of aromatic nitrogens is 1. The summed E-state index contributed by atoms with van der Waals surface area (Å²) in [5.41, 5.74) is 11.0. The van der Waals surface area contributed by atoms with Crippen molar-refractivity contribution in [1.29, 1.82) is 0 Å². The molecular weight excluding hydrogens is 284 g/mol. The molecule has 2 rings (SSSR count). The maximum Gasteiger partial charge on any atom is 0.245 e. The lowest BCUT2D eigenvalue weighted by atomic mass is 10.3. The van der Waals surface area contributed by atoms with Gasteiger partial charge in [-0.2, -0.15) is 4.31 Å². The molecule has 1 aromatic heterocycles. The first kappa shape index (κ1) is 14.9. The number of ether oxygens (including phenoxy) is 1. The Balaban J connectivity index is 2.45. The van der Waals surface area contributed by atoms with Crippen LogP contribution in [0.1, 0.15) is 5.69 Å². The predicted octanol–water partition coefficient (Wildman–Crippen LogP) is -1.58. The van der Waals surface area contributed by atoms with Gasteiger partial charge in [-0.25, -0.2) is 8.42 Å². The fourth-order valence-corrected chi connectivity index (χ4v) is 3.79. The van der Waals surface area contributed by atoms with Gasteiger partial charge in [0.25, 0.3) is 0 Å². The zero-order chi connectivity index (χ0) is 14.8. The predicted molar refractivity (Wildman–Crippen MR) is 69.8 cm³/mol. The van der Waals surface area contributed by atoms with Gasteiger partial charge in [-0.15, -0.1) is 0 Å². The number of sulfonamides is 1. The molecule has 8 nitrogen and oxygen atoms in total. The van der Waals surface area contributed by atoms with Gasteiger partial charge in [0.05, 0.1) is 18.9 Å². The molecule has 0 saturated carbocycles. The summed E-state index contributed by atoms with van der Waals surface area (Å²) in [5, 5.41) is 0. The Morgan fingerprint density at radius 3 is 2.95 bits per heavy atom. The monoisotopic (exact) mass is 300 g/mol. The van der Waals surface area contributed by atoms with Gasteiger partial charge in [-0.05, 0) is 12.1 Å². The molecule has 1 aliphatic rings. The van der Waals surface area contributed by atoms with E-state index >= 15 is 0 Å². The highest BCUT2D eigenvalue weighted by Gasteiger charge is 2.38. The number of nitrogens with zero attached hydrogens (tertiary/aromatic N) is 2. The summed E-state index contributed by atoms with van der Waals surface area (Å²) in [6.07, 6.45) is 1.46. The highest BCUT2D eigenvalue weighted by Crippen LogP contribution is 2.22. The molecule has 1 aromatic rings. The van der Waals surface area contributed by atoms with E-state index in [1.54, 1.807) is 0 Å². The Kier molecular flexibility index (Phi) is 4.33. The van der Waals surface area contributed by atoms with Gasteiger partial charge in [-0.1, -0.05) is 0 Å². The molecule has 0 bridgehead atoms. The smallest absolute Gasteiger partial charge is 0.245 e. The second kappa shape index (κ2) is 5.83. The van der Waals surface area contributed by atoms with Crippen LogP contribution in [-0.4, -0.2) is 49.4 Å². The van der Waals surface area contributed by atoms with Gasteiger partial charge in [0.1, 0.15) is 10.9 Å². The van der Waals surface area contributed by atoms with Crippen LogP contribution < -0.4 is 11.5 Å². The van der Waals surface area contributed by atoms with Crippen LogP contribution in [0.2, 0.25) is 0 Å². The summed E-state index contributed by atoms with van der Waals surface area (Å²) in [7, 11) is -3.89. The second-order valence-corrected chi connectivity index (χ2v) is 6.12. The third kappa shape index (κ3) is 2.66. The molecule has 2 heterocycles. The molecule has 1 fully saturated rings. The fourth-order valence-electron chi connectivity index (χ4n) is 2.04. The summed E-state index contributed by atoms with van der Waals surface area (Å²) >= 11 is 0. The molecule has 1 aliphatic heterocycles. The van der Waals surface area contributed by atoms with Crippen molar-refractivity contribution in [3.63, 3.8) is 0 Å². The van der Waals surface area contributed by atoms with Gasteiger partial charge in [0, 0.05) is 19.3 Å². The van der Waals surface area contributed by atoms with E-state index in [1.807, 2.05) is 0 Å².